The smallest absolute Gasteiger partial charge is 0.0332 e. The summed E-state index contributed by atoms with van der Waals surface area (Å²) in [6.45, 7) is 15.0. The predicted octanol–water partition coefficient (Wildman–Crippen LogP) is 3.91. The normalized spacial score (nSPS) is 25.1. The molecule has 0 aromatic carbocycles. The summed E-state index contributed by atoms with van der Waals surface area (Å²) in [6.07, 6.45) is 2.38. The van der Waals surface area contributed by atoms with Crippen LogP contribution in [0.15, 0.2) is 12.1 Å². The van der Waals surface area contributed by atoms with E-state index in [2.05, 4.69) is 57.0 Å². The van der Waals surface area contributed by atoms with Crippen LogP contribution in [-0.4, -0.2) is 30.1 Å². The van der Waals surface area contributed by atoms with Crippen molar-refractivity contribution >= 4 is 11.3 Å². The largest absolute Gasteiger partial charge is 0.311 e. The van der Waals surface area contributed by atoms with Crippen molar-refractivity contribution < 1.29 is 0 Å². The molecule has 0 bridgehead atoms. The highest BCUT2D eigenvalue weighted by Crippen LogP contribution is 2.29. The molecular weight excluding hydrogens is 264 g/mol. The molecule has 0 saturated carbocycles. The van der Waals surface area contributed by atoms with E-state index in [1.54, 1.807) is 0 Å². The minimum absolute atomic E-state index is 0.330. The molecule has 2 heterocycles. The van der Waals surface area contributed by atoms with Gasteiger partial charge >= 0.3 is 0 Å². The van der Waals surface area contributed by atoms with Gasteiger partial charge in [-0.1, -0.05) is 34.6 Å². The zero-order valence-corrected chi connectivity index (χ0v) is 14.5. The molecule has 1 aromatic rings. The van der Waals surface area contributed by atoms with Gasteiger partial charge in [0, 0.05) is 41.5 Å². The molecular formula is C17H30N2S. The van der Waals surface area contributed by atoms with Crippen LogP contribution in [0.2, 0.25) is 0 Å². The van der Waals surface area contributed by atoms with E-state index >= 15 is 0 Å². The summed E-state index contributed by atoms with van der Waals surface area (Å²) in [4.78, 5) is 5.73. The lowest BCUT2D eigenvalue weighted by Crippen LogP contribution is -2.59. The fraction of sp³-hybridized carbons (Fsp3) is 0.765. The van der Waals surface area contributed by atoms with Gasteiger partial charge in [0.25, 0.3) is 0 Å². The molecule has 0 aliphatic carbocycles. The van der Waals surface area contributed by atoms with Gasteiger partial charge in [-0.25, -0.2) is 0 Å². The Morgan fingerprint density at radius 1 is 1.25 bits per heavy atom. The fourth-order valence-corrected chi connectivity index (χ4v) is 4.07. The maximum Gasteiger partial charge on any atom is 0.0332 e. The van der Waals surface area contributed by atoms with Gasteiger partial charge in [0.1, 0.15) is 0 Å². The van der Waals surface area contributed by atoms with Crippen molar-refractivity contribution in [3.8, 4) is 0 Å². The molecule has 20 heavy (non-hydrogen) atoms. The Bertz CT molecular complexity index is 419. The lowest BCUT2D eigenvalue weighted by atomic mass is 9.83. The average Bonchev–Trinajstić information content (AvgIpc) is 2.85. The van der Waals surface area contributed by atoms with Crippen LogP contribution >= 0.6 is 11.3 Å². The van der Waals surface area contributed by atoms with Crippen LogP contribution in [0.4, 0.5) is 0 Å². The highest BCUT2D eigenvalue weighted by Gasteiger charge is 2.35. The monoisotopic (exact) mass is 294 g/mol. The summed E-state index contributed by atoms with van der Waals surface area (Å²) in [5.74, 6) is 0. The summed E-state index contributed by atoms with van der Waals surface area (Å²) >= 11 is 1.99. The SMILES string of the molecule is CCc1ccc(CN2CC(CC)NCC2C(C)(C)C)s1. The van der Waals surface area contributed by atoms with Crippen molar-refractivity contribution in [2.75, 3.05) is 13.1 Å². The number of hydrogen-bond donors (Lipinski definition) is 1. The van der Waals surface area contributed by atoms with Crippen LogP contribution in [0.5, 0.6) is 0 Å². The molecule has 0 amide bonds. The van der Waals surface area contributed by atoms with Gasteiger partial charge in [-0.3, -0.25) is 4.90 Å². The lowest BCUT2D eigenvalue weighted by molar-refractivity contribution is 0.0493. The lowest BCUT2D eigenvalue weighted by Gasteiger charge is -2.46. The summed E-state index contributed by atoms with van der Waals surface area (Å²) in [7, 11) is 0. The molecule has 2 unspecified atom stereocenters. The molecule has 1 aliphatic rings. The minimum Gasteiger partial charge on any atom is -0.311 e. The van der Waals surface area contributed by atoms with E-state index in [9.17, 15) is 0 Å². The third-order valence-corrected chi connectivity index (χ3v) is 5.63. The van der Waals surface area contributed by atoms with Crippen LogP contribution in [-0.2, 0) is 13.0 Å². The van der Waals surface area contributed by atoms with Crippen LogP contribution in [0.3, 0.4) is 0 Å². The van der Waals surface area contributed by atoms with Gasteiger partial charge in [-0.2, -0.15) is 0 Å². The molecule has 2 atom stereocenters. The highest BCUT2D eigenvalue weighted by molar-refractivity contribution is 7.11. The third-order valence-electron chi connectivity index (χ3n) is 4.41. The van der Waals surface area contributed by atoms with Crippen molar-refractivity contribution in [3.05, 3.63) is 21.9 Å². The number of aryl methyl sites for hydroxylation is 1. The van der Waals surface area contributed by atoms with Crippen LogP contribution < -0.4 is 5.32 Å². The van der Waals surface area contributed by atoms with E-state index in [-0.39, 0.29) is 0 Å². The Hall–Kier alpha value is -0.380. The molecule has 2 nitrogen and oxygen atoms in total. The molecule has 1 aliphatic heterocycles. The third kappa shape index (κ3) is 3.84. The average molecular weight is 295 g/mol. The molecule has 3 heteroatoms. The van der Waals surface area contributed by atoms with E-state index in [4.69, 9.17) is 0 Å². The van der Waals surface area contributed by atoms with Crippen LogP contribution in [0, 0.1) is 5.41 Å². The molecule has 0 radical (unpaired) electrons. The van der Waals surface area contributed by atoms with Gasteiger partial charge in [0.05, 0.1) is 0 Å². The van der Waals surface area contributed by atoms with Gasteiger partial charge < -0.3 is 5.32 Å². The van der Waals surface area contributed by atoms with Gasteiger partial charge in [0.2, 0.25) is 0 Å². The second-order valence-electron chi connectivity index (χ2n) is 7.05. The van der Waals surface area contributed by atoms with Gasteiger partial charge in [-0.05, 0) is 30.4 Å². The van der Waals surface area contributed by atoms with Crippen molar-refractivity contribution in [3.63, 3.8) is 0 Å². The number of thiophene rings is 1. The van der Waals surface area contributed by atoms with E-state index in [1.807, 2.05) is 11.3 Å². The molecule has 114 valence electrons. The second-order valence-corrected chi connectivity index (χ2v) is 8.30. The highest BCUT2D eigenvalue weighted by atomic mass is 32.1. The molecule has 0 spiro atoms. The van der Waals surface area contributed by atoms with Crippen LogP contribution in [0.1, 0.15) is 50.8 Å². The molecule has 2 rings (SSSR count). The standard InChI is InChI=1S/C17H30N2S/c1-6-13-11-19(16(10-18-13)17(3,4)5)12-15-9-8-14(7-2)20-15/h8-9,13,16,18H,6-7,10-12H2,1-5H3. The summed E-state index contributed by atoms with van der Waals surface area (Å²) in [6, 6.07) is 5.90. The quantitative estimate of drug-likeness (QED) is 0.906. The summed E-state index contributed by atoms with van der Waals surface area (Å²) in [5.41, 5.74) is 0.330. The predicted molar refractivity (Wildman–Crippen MR) is 89.4 cm³/mol. The second kappa shape index (κ2) is 6.59. The minimum atomic E-state index is 0.330. The summed E-state index contributed by atoms with van der Waals surface area (Å²) < 4.78 is 0. The van der Waals surface area contributed by atoms with E-state index < -0.39 is 0 Å². The zero-order chi connectivity index (χ0) is 14.8. The zero-order valence-electron chi connectivity index (χ0n) is 13.7. The summed E-state index contributed by atoms with van der Waals surface area (Å²) in [5, 5.41) is 3.72. The van der Waals surface area contributed by atoms with Crippen molar-refractivity contribution in [2.24, 2.45) is 5.41 Å². The first-order chi connectivity index (χ1) is 9.44. The Labute approximate surface area is 128 Å². The van der Waals surface area contributed by atoms with Gasteiger partial charge in [-0.15, -0.1) is 11.3 Å². The number of rotatable bonds is 4. The van der Waals surface area contributed by atoms with Crippen LogP contribution in [0.25, 0.3) is 0 Å². The molecule has 1 fully saturated rings. The van der Waals surface area contributed by atoms with Gasteiger partial charge in [0.15, 0.2) is 0 Å². The fourth-order valence-electron chi connectivity index (χ4n) is 3.08. The Balaban J connectivity index is 2.10. The number of piperazine rings is 1. The van der Waals surface area contributed by atoms with Crippen molar-refractivity contribution in [2.45, 2.75) is 66.1 Å². The first-order valence-corrected chi connectivity index (χ1v) is 8.80. The van der Waals surface area contributed by atoms with E-state index in [0.717, 1.165) is 19.5 Å². The van der Waals surface area contributed by atoms with E-state index in [1.165, 1.54) is 22.7 Å². The first-order valence-electron chi connectivity index (χ1n) is 7.99. The Morgan fingerprint density at radius 3 is 2.50 bits per heavy atom. The maximum absolute atomic E-state index is 3.72. The van der Waals surface area contributed by atoms with Crippen molar-refractivity contribution in [1.29, 1.82) is 0 Å². The maximum atomic E-state index is 3.72. The Morgan fingerprint density at radius 2 is 1.95 bits per heavy atom. The number of nitrogens with zero attached hydrogens (tertiary/aromatic N) is 1. The molecule has 1 aromatic heterocycles. The molecule has 1 N–H and O–H groups in total. The van der Waals surface area contributed by atoms with Crippen molar-refractivity contribution in [1.82, 2.24) is 10.2 Å². The number of hydrogen-bond acceptors (Lipinski definition) is 3. The topological polar surface area (TPSA) is 15.3 Å². The Kier molecular flexibility index (Phi) is 5.27. The molecule has 1 saturated heterocycles. The number of nitrogens with one attached hydrogen (secondary N) is 1. The first kappa shape index (κ1) is 16.0. The van der Waals surface area contributed by atoms with E-state index in [0.29, 0.717) is 17.5 Å².